The van der Waals surface area contributed by atoms with Gasteiger partial charge < -0.3 is 20.1 Å². The number of hydrogen-bond acceptors (Lipinski definition) is 4. The molecule has 0 bridgehead atoms. The van der Waals surface area contributed by atoms with Gasteiger partial charge in [-0.3, -0.25) is 4.79 Å². The summed E-state index contributed by atoms with van der Waals surface area (Å²) in [6.45, 7) is 4.60. The Balaban J connectivity index is 1.16. The fourth-order valence-electron chi connectivity index (χ4n) is 5.94. The van der Waals surface area contributed by atoms with E-state index in [9.17, 15) is 9.90 Å². The Morgan fingerprint density at radius 3 is 2.44 bits per heavy atom. The van der Waals surface area contributed by atoms with E-state index in [4.69, 9.17) is 4.74 Å². The van der Waals surface area contributed by atoms with Crippen molar-refractivity contribution in [3.05, 3.63) is 35.9 Å². The number of likely N-dealkylation sites (tertiary alicyclic amines) is 1. The van der Waals surface area contributed by atoms with Crippen molar-refractivity contribution in [2.24, 2.45) is 10.8 Å². The van der Waals surface area contributed by atoms with Crippen LogP contribution in [0, 0.1) is 10.8 Å². The van der Waals surface area contributed by atoms with E-state index in [2.05, 4.69) is 40.5 Å². The van der Waals surface area contributed by atoms with Gasteiger partial charge in [0.1, 0.15) is 0 Å². The first-order chi connectivity index (χ1) is 15.6. The molecule has 4 aliphatic rings. The van der Waals surface area contributed by atoms with E-state index in [1.807, 2.05) is 0 Å². The van der Waals surface area contributed by atoms with E-state index in [1.54, 1.807) is 0 Å². The number of nitrogens with zero attached hydrogens (tertiary/aromatic N) is 1. The zero-order valence-electron chi connectivity index (χ0n) is 19.4. The Kier molecular flexibility index (Phi) is 6.60. The van der Waals surface area contributed by atoms with Crippen LogP contribution in [0.4, 0.5) is 0 Å². The molecular formula is C27H40N2O3. The number of carboxylic acids is 1. The lowest BCUT2D eigenvalue weighted by Gasteiger charge is -2.43. The molecule has 176 valence electrons. The lowest BCUT2D eigenvalue weighted by molar-refractivity contribution is -0.144. The molecule has 0 radical (unpaired) electrons. The third kappa shape index (κ3) is 5.21. The molecule has 0 amide bonds. The molecule has 3 saturated carbocycles. The van der Waals surface area contributed by atoms with Crippen LogP contribution in [0.5, 0.6) is 0 Å². The lowest BCUT2D eigenvalue weighted by Crippen LogP contribution is -2.50. The van der Waals surface area contributed by atoms with Crippen molar-refractivity contribution in [2.75, 3.05) is 32.8 Å². The molecule has 1 aromatic rings. The highest BCUT2D eigenvalue weighted by molar-refractivity contribution is 5.78. The van der Waals surface area contributed by atoms with Crippen LogP contribution in [0.25, 0.3) is 0 Å². The number of carboxylic acid groups (broad SMARTS) is 1. The van der Waals surface area contributed by atoms with Gasteiger partial charge in [0.2, 0.25) is 0 Å². The van der Waals surface area contributed by atoms with E-state index in [-0.39, 0.29) is 5.41 Å². The normalized spacial score (nSPS) is 29.5. The maximum absolute atomic E-state index is 11.6. The van der Waals surface area contributed by atoms with Gasteiger partial charge in [-0.1, -0.05) is 49.6 Å². The molecule has 1 heterocycles. The summed E-state index contributed by atoms with van der Waals surface area (Å²) >= 11 is 0. The van der Waals surface area contributed by atoms with E-state index in [1.165, 1.54) is 44.1 Å². The van der Waals surface area contributed by atoms with Gasteiger partial charge in [0, 0.05) is 30.5 Å². The highest BCUT2D eigenvalue weighted by Gasteiger charge is 2.52. The minimum absolute atomic E-state index is 0.178. The summed E-state index contributed by atoms with van der Waals surface area (Å²) in [5.74, 6) is 0.0511. The van der Waals surface area contributed by atoms with Crippen LogP contribution >= 0.6 is 0 Å². The molecule has 2 N–H and O–H groups in total. The average molecular weight is 441 g/mol. The molecule has 5 heteroatoms. The third-order valence-corrected chi connectivity index (χ3v) is 8.69. The van der Waals surface area contributed by atoms with Crippen LogP contribution in [0.15, 0.2) is 30.3 Å². The second kappa shape index (κ2) is 9.44. The van der Waals surface area contributed by atoms with Crippen LogP contribution in [0.1, 0.15) is 75.7 Å². The third-order valence-electron chi connectivity index (χ3n) is 8.69. The first kappa shape index (κ1) is 22.4. The van der Waals surface area contributed by atoms with E-state index < -0.39 is 11.4 Å². The van der Waals surface area contributed by atoms with E-state index in [0.29, 0.717) is 18.1 Å². The van der Waals surface area contributed by atoms with Crippen LogP contribution in [-0.2, 0) is 9.53 Å². The van der Waals surface area contributed by atoms with Crippen molar-refractivity contribution in [2.45, 2.75) is 82.3 Å². The van der Waals surface area contributed by atoms with Crippen LogP contribution in [-0.4, -0.2) is 60.9 Å². The Morgan fingerprint density at radius 2 is 1.78 bits per heavy atom. The molecular weight excluding hydrogens is 400 g/mol. The first-order valence-corrected chi connectivity index (χ1v) is 12.9. The van der Waals surface area contributed by atoms with Gasteiger partial charge in [-0.25, -0.2) is 0 Å². The Morgan fingerprint density at radius 1 is 1.06 bits per heavy atom. The molecule has 5 nitrogen and oxygen atoms in total. The molecule has 1 aromatic carbocycles. The highest BCUT2D eigenvalue weighted by Crippen LogP contribution is 2.47. The molecule has 2 atom stereocenters. The van der Waals surface area contributed by atoms with Gasteiger partial charge in [-0.15, -0.1) is 0 Å². The first-order valence-electron chi connectivity index (χ1n) is 12.9. The lowest BCUT2D eigenvalue weighted by atomic mass is 9.78. The van der Waals surface area contributed by atoms with Crippen LogP contribution in [0.3, 0.4) is 0 Å². The van der Waals surface area contributed by atoms with Gasteiger partial charge in [-0.05, 0) is 63.6 Å². The van der Waals surface area contributed by atoms with Gasteiger partial charge >= 0.3 is 5.97 Å². The fourth-order valence-corrected chi connectivity index (χ4v) is 5.94. The standard InChI is InChI=1S/C27H40N2O3/c30-25(31)27(11-12-27)19-29-15-13-26(14-16-29,20-32-22-9-5-2-6-10-22)18-28-24-17-23(24)21-7-3-1-4-8-21/h1,3-4,7-8,22-24,28H,2,5-6,9-20H2,(H,30,31)/t23?,24-/m1/s1. The molecule has 4 fully saturated rings. The monoisotopic (exact) mass is 440 g/mol. The molecule has 3 aliphatic carbocycles. The van der Waals surface area contributed by atoms with E-state index >= 15 is 0 Å². The summed E-state index contributed by atoms with van der Waals surface area (Å²) in [7, 11) is 0. The summed E-state index contributed by atoms with van der Waals surface area (Å²) in [4.78, 5) is 14.0. The second-order valence-electron chi connectivity index (χ2n) is 11.2. The number of benzene rings is 1. The molecule has 1 unspecified atom stereocenters. The summed E-state index contributed by atoms with van der Waals surface area (Å²) in [5.41, 5.74) is 1.18. The Bertz CT molecular complexity index is 764. The Labute approximate surface area is 192 Å². The quantitative estimate of drug-likeness (QED) is 0.564. The maximum Gasteiger partial charge on any atom is 0.310 e. The summed E-state index contributed by atoms with van der Waals surface area (Å²) in [6.07, 6.45) is 12.0. The number of ether oxygens (including phenoxy) is 1. The van der Waals surface area contributed by atoms with Crippen molar-refractivity contribution < 1.29 is 14.6 Å². The molecule has 0 spiro atoms. The minimum atomic E-state index is -0.600. The largest absolute Gasteiger partial charge is 0.481 e. The zero-order chi connectivity index (χ0) is 22.0. The number of nitrogens with one attached hydrogen (secondary N) is 1. The van der Waals surface area contributed by atoms with E-state index in [0.717, 1.165) is 58.5 Å². The van der Waals surface area contributed by atoms with Crippen molar-refractivity contribution in [1.82, 2.24) is 10.2 Å². The van der Waals surface area contributed by atoms with Gasteiger partial charge in [0.25, 0.3) is 0 Å². The zero-order valence-corrected chi connectivity index (χ0v) is 19.4. The molecule has 32 heavy (non-hydrogen) atoms. The van der Waals surface area contributed by atoms with Crippen molar-refractivity contribution >= 4 is 5.97 Å². The Hall–Kier alpha value is -1.43. The number of hydrogen-bond donors (Lipinski definition) is 2. The number of rotatable bonds is 10. The van der Waals surface area contributed by atoms with Crippen molar-refractivity contribution in [3.8, 4) is 0 Å². The average Bonchev–Trinajstić information content (AvgIpc) is 3.75. The fraction of sp³-hybridized carbons (Fsp3) is 0.741. The van der Waals surface area contributed by atoms with Gasteiger partial charge in [0.05, 0.1) is 18.1 Å². The number of piperidine rings is 1. The SMILES string of the molecule is O=C(O)C1(CN2CCC(CN[C@@H]3CC3c3ccccc3)(COC3CCCCC3)CC2)CC1. The van der Waals surface area contributed by atoms with Crippen LogP contribution < -0.4 is 5.32 Å². The molecule has 5 rings (SSSR count). The predicted octanol–water partition coefficient (Wildman–Crippen LogP) is 4.43. The number of carbonyl (C=O) groups is 1. The van der Waals surface area contributed by atoms with Crippen LogP contribution in [0.2, 0.25) is 0 Å². The minimum Gasteiger partial charge on any atom is -0.481 e. The second-order valence-corrected chi connectivity index (χ2v) is 11.2. The summed E-state index contributed by atoms with van der Waals surface area (Å²) in [5, 5.41) is 13.5. The summed E-state index contributed by atoms with van der Waals surface area (Å²) < 4.78 is 6.52. The topological polar surface area (TPSA) is 61.8 Å². The van der Waals surface area contributed by atoms with Crippen molar-refractivity contribution in [3.63, 3.8) is 0 Å². The maximum atomic E-state index is 11.6. The highest BCUT2D eigenvalue weighted by atomic mass is 16.5. The van der Waals surface area contributed by atoms with Gasteiger partial charge in [-0.2, -0.15) is 0 Å². The molecule has 1 aliphatic heterocycles. The predicted molar refractivity (Wildman–Crippen MR) is 126 cm³/mol. The molecule has 1 saturated heterocycles. The van der Waals surface area contributed by atoms with Gasteiger partial charge in [0.15, 0.2) is 0 Å². The number of aliphatic carboxylic acids is 1. The smallest absolute Gasteiger partial charge is 0.310 e. The van der Waals surface area contributed by atoms with Crippen molar-refractivity contribution in [1.29, 1.82) is 0 Å². The summed E-state index contributed by atoms with van der Waals surface area (Å²) in [6, 6.07) is 11.5. The molecule has 0 aromatic heterocycles.